The molecule has 110 valence electrons. The number of esters is 1. The van der Waals surface area contributed by atoms with E-state index in [0.717, 1.165) is 0 Å². The lowest BCUT2D eigenvalue weighted by Crippen LogP contribution is -2.24. The predicted octanol–water partition coefficient (Wildman–Crippen LogP) is 0.568. The molecule has 0 bridgehead atoms. The van der Waals surface area contributed by atoms with Gasteiger partial charge in [-0.3, -0.25) is 9.59 Å². The van der Waals surface area contributed by atoms with Crippen molar-refractivity contribution in [2.75, 3.05) is 39.7 Å². The van der Waals surface area contributed by atoms with E-state index in [0.29, 0.717) is 30.9 Å². The van der Waals surface area contributed by atoms with Crippen LogP contribution < -0.4 is 4.90 Å². The van der Waals surface area contributed by atoms with Gasteiger partial charge in [-0.25, -0.2) is 0 Å². The van der Waals surface area contributed by atoms with E-state index in [1.54, 1.807) is 26.2 Å². The summed E-state index contributed by atoms with van der Waals surface area (Å²) >= 11 is 0. The lowest BCUT2D eigenvalue weighted by atomic mass is 10.3. The van der Waals surface area contributed by atoms with Gasteiger partial charge in [0.2, 0.25) is 0 Å². The molecule has 0 unspecified atom stereocenters. The average molecular weight is 280 g/mol. The number of hydrogen-bond acceptors (Lipinski definition) is 6. The van der Waals surface area contributed by atoms with Crippen molar-refractivity contribution in [1.29, 1.82) is 0 Å². The maximum absolute atomic E-state index is 11.7. The van der Waals surface area contributed by atoms with Crippen molar-refractivity contribution >= 4 is 17.7 Å². The molecule has 0 aliphatic carbocycles. The summed E-state index contributed by atoms with van der Waals surface area (Å²) < 4.78 is 4.57. The Bertz CT molecular complexity index is 459. The van der Waals surface area contributed by atoms with Crippen molar-refractivity contribution < 1.29 is 14.3 Å². The second-order valence-corrected chi connectivity index (χ2v) is 4.58. The van der Waals surface area contributed by atoms with Gasteiger partial charge in [0.25, 0.3) is 5.91 Å². The molecule has 0 saturated heterocycles. The standard InChI is InChI=1S/C13H20N4O3/c1-16(2)13(19)10-7-8-11(15-14-10)17(3)9-5-6-12(18)20-4/h7-8H,5-6,9H2,1-4H3. The molecule has 0 aliphatic heterocycles. The minimum Gasteiger partial charge on any atom is -0.469 e. The van der Waals surface area contributed by atoms with Gasteiger partial charge in [0, 0.05) is 34.1 Å². The highest BCUT2D eigenvalue weighted by Crippen LogP contribution is 2.09. The first kappa shape index (κ1) is 15.9. The molecule has 20 heavy (non-hydrogen) atoms. The van der Waals surface area contributed by atoms with Crippen LogP contribution in [-0.4, -0.2) is 61.8 Å². The Hall–Kier alpha value is -2.18. The van der Waals surface area contributed by atoms with Gasteiger partial charge in [0.05, 0.1) is 7.11 Å². The van der Waals surface area contributed by atoms with Crippen LogP contribution in [-0.2, 0) is 9.53 Å². The van der Waals surface area contributed by atoms with Gasteiger partial charge in [-0.15, -0.1) is 10.2 Å². The van der Waals surface area contributed by atoms with Crippen molar-refractivity contribution in [3.63, 3.8) is 0 Å². The topological polar surface area (TPSA) is 75.6 Å². The Labute approximate surface area is 118 Å². The molecule has 1 aromatic heterocycles. The third kappa shape index (κ3) is 4.49. The fourth-order valence-corrected chi connectivity index (χ4v) is 1.55. The first-order valence-electron chi connectivity index (χ1n) is 6.29. The third-order valence-corrected chi connectivity index (χ3v) is 2.77. The number of aromatic nitrogens is 2. The van der Waals surface area contributed by atoms with Crippen LogP contribution in [0, 0.1) is 0 Å². The van der Waals surface area contributed by atoms with Gasteiger partial charge in [-0.2, -0.15) is 0 Å². The van der Waals surface area contributed by atoms with Crippen molar-refractivity contribution in [1.82, 2.24) is 15.1 Å². The summed E-state index contributed by atoms with van der Waals surface area (Å²) in [6.07, 6.45) is 1.04. The number of nitrogens with zero attached hydrogens (tertiary/aromatic N) is 4. The van der Waals surface area contributed by atoms with Crippen LogP contribution in [0.1, 0.15) is 23.3 Å². The largest absolute Gasteiger partial charge is 0.469 e. The second kappa shape index (κ2) is 7.42. The molecule has 0 N–H and O–H groups in total. The van der Waals surface area contributed by atoms with Crippen LogP contribution in [0.25, 0.3) is 0 Å². The molecule has 0 saturated carbocycles. The lowest BCUT2D eigenvalue weighted by molar-refractivity contribution is -0.140. The third-order valence-electron chi connectivity index (χ3n) is 2.77. The van der Waals surface area contributed by atoms with Crippen LogP contribution in [0.3, 0.4) is 0 Å². The van der Waals surface area contributed by atoms with E-state index in [-0.39, 0.29) is 11.9 Å². The molecule has 1 heterocycles. The molecule has 0 spiro atoms. The highest BCUT2D eigenvalue weighted by atomic mass is 16.5. The van der Waals surface area contributed by atoms with E-state index < -0.39 is 0 Å². The number of anilines is 1. The Kier molecular flexibility index (Phi) is 5.89. The molecule has 1 amide bonds. The van der Waals surface area contributed by atoms with Gasteiger partial charge in [0.15, 0.2) is 11.5 Å². The highest BCUT2D eigenvalue weighted by molar-refractivity contribution is 5.91. The van der Waals surface area contributed by atoms with E-state index in [1.807, 2.05) is 11.9 Å². The predicted molar refractivity (Wildman–Crippen MR) is 74.6 cm³/mol. The van der Waals surface area contributed by atoms with Crippen molar-refractivity contribution in [2.24, 2.45) is 0 Å². The summed E-state index contributed by atoms with van der Waals surface area (Å²) in [5.74, 6) is 0.249. The Morgan fingerprint density at radius 3 is 2.40 bits per heavy atom. The average Bonchev–Trinajstić information content (AvgIpc) is 2.46. The van der Waals surface area contributed by atoms with E-state index in [4.69, 9.17) is 0 Å². The van der Waals surface area contributed by atoms with Crippen LogP contribution in [0.5, 0.6) is 0 Å². The van der Waals surface area contributed by atoms with Crippen molar-refractivity contribution in [3.8, 4) is 0 Å². The molecular weight excluding hydrogens is 260 g/mol. The smallest absolute Gasteiger partial charge is 0.305 e. The van der Waals surface area contributed by atoms with Gasteiger partial charge < -0.3 is 14.5 Å². The Balaban J connectivity index is 2.55. The first-order chi connectivity index (χ1) is 9.45. The van der Waals surface area contributed by atoms with E-state index in [1.165, 1.54) is 12.0 Å². The number of ether oxygens (including phenoxy) is 1. The lowest BCUT2D eigenvalue weighted by Gasteiger charge is -2.17. The molecule has 7 heteroatoms. The number of carbonyl (C=O) groups is 2. The fourth-order valence-electron chi connectivity index (χ4n) is 1.55. The van der Waals surface area contributed by atoms with Crippen molar-refractivity contribution in [3.05, 3.63) is 17.8 Å². The monoisotopic (exact) mass is 280 g/mol. The van der Waals surface area contributed by atoms with Gasteiger partial charge in [0.1, 0.15) is 0 Å². The Morgan fingerprint density at radius 2 is 1.90 bits per heavy atom. The molecule has 1 aromatic rings. The summed E-state index contributed by atoms with van der Waals surface area (Å²) in [6.45, 7) is 0.657. The molecule has 0 radical (unpaired) electrons. The minimum atomic E-state index is -0.226. The summed E-state index contributed by atoms with van der Waals surface area (Å²) in [5.41, 5.74) is 0.307. The zero-order chi connectivity index (χ0) is 15.1. The molecule has 0 aromatic carbocycles. The van der Waals surface area contributed by atoms with E-state index in [9.17, 15) is 9.59 Å². The van der Waals surface area contributed by atoms with Gasteiger partial charge >= 0.3 is 5.97 Å². The molecule has 1 rings (SSSR count). The fraction of sp³-hybridized carbons (Fsp3) is 0.538. The summed E-state index contributed by atoms with van der Waals surface area (Å²) in [5, 5.41) is 7.92. The van der Waals surface area contributed by atoms with Crippen LogP contribution >= 0.6 is 0 Å². The quantitative estimate of drug-likeness (QED) is 0.709. The Morgan fingerprint density at radius 1 is 1.20 bits per heavy atom. The van der Waals surface area contributed by atoms with Gasteiger partial charge in [-0.05, 0) is 18.6 Å². The minimum absolute atomic E-state index is 0.183. The number of amides is 1. The summed E-state index contributed by atoms with van der Waals surface area (Å²) in [6, 6.07) is 3.38. The molecule has 0 aliphatic rings. The molecule has 7 nitrogen and oxygen atoms in total. The molecule has 0 fully saturated rings. The van der Waals surface area contributed by atoms with E-state index >= 15 is 0 Å². The molecular formula is C13H20N4O3. The van der Waals surface area contributed by atoms with E-state index in [2.05, 4.69) is 14.9 Å². The zero-order valence-corrected chi connectivity index (χ0v) is 12.3. The maximum Gasteiger partial charge on any atom is 0.305 e. The van der Waals surface area contributed by atoms with Crippen molar-refractivity contribution in [2.45, 2.75) is 12.8 Å². The number of rotatable bonds is 6. The van der Waals surface area contributed by atoms with Crippen LogP contribution in [0.15, 0.2) is 12.1 Å². The summed E-state index contributed by atoms with van der Waals surface area (Å²) in [4.78, 5) is 26.0. The zero-order valence-electron chi connectivity index (χ0n) is 12.3. The first-order valence-corrected chi connectivity index (χ1v) is 6.29. The normalized spacial score (nSPS) is 10.0. The maximum atomic E-state index is 11.7. The SMILES string of the molecule is COC(=O)CCCN(C)c1ccc(C(=O)N(C)C)nn1. The molecule has 0 atom stereocenters. The summed E-state index contributed by atoms with van der Waals surface area (Å²) in [7, 11) is 6.56. The second-order valence-electron chi connectivity index (χ2n) is 4.58. The van der Waals surface area contributed by atoms with Gasteiger partial charge in [-0.1, -0.05) is 0 Å². The van der Waals surface area contributed by atoms with Crippen LogP contribution in [0.4, 0.5) is 5.82 Å². The number of carbonyl (C=O) groups excluding carboxylic acids is 2. The van der Waals surface area contributed by atoms with Crippen LogP contribution in [0.2, 0.25) is 0 Å². The number of methoxy groups -OCH3 is 1. The number of hydrogen-bond donors (Lipinski definition) is 0. The highest BCUT2D eigenvalue weighted by Gasteiger charge is 2.11.